The fraction of sp³-hybridized carbons (Fsp3) is 0.188. The van der Waals surface area contributed by atoms with E-state index in [4.69, 9.17) is 0 Å². The average Bonchev–Trinajstić information content (AvgIpc) is 2.42. The molecule has 0 bridgehead atoms. The van der Waals surface area contributed by atoms with E-state index < -0.39 is 0 Å². The smallest absolute Gasteiger partial charge is 0.319 e. The highest BCUT2D eigenvalue weighted by atomic mass is 19.1. The van der Waals surface area contributed by atoms with Crippen LogP contribution in [0.5, 0.6) is 0 Å². The Balaban J connectivity index is 1.89. The molecule has 3 nitrogen and oxygen atoms in total. The van der Waals surface area contributed by atoms with Crippen LogP contribution in [0.3, 0.4) is 0 Å². The van der Waals surface area contributed by atoms with Crippen molar-refractivity contribution < 1.29 is 9.18 Å². The van der Waals surface area contributed by atoms with Gasteiger partial charge in [-0.1, -0.05) is 18.2 Å². The van der Waals surface area contributed by atoms with Crippen molar-refractivity contribution in [2.75, 3.05) is 5.32 Å². The summed E-state index contributed by atoms with van der Waals surface area (Å²) in [6.07, 6.45) is 0. The first-order chi connectivity index (χ1) is 9.54. The Morgan fingerprint density at radius 2 is 1.75 bits per heavy atom. The number of anilines is 1. The van der Waals surface area contributed by atoms with Crippen molar-refractivity contribution in [2.45, 2.75) is 20.4 Å². The lowest BCUT2D eigenvalue weighted by molar-refractivity contribution is 0.251. The number of urea groups is 1. The highest BCUT2D eigenvalue weighted by Crippen LogP contribution is 2.13. The topological polar surface area (TPSA) is 41.1 Å². The molecule has 0 aromatic heterocycles. The molecule has 2 aromatic carbocycles. The van der Waals surface area contributed by atoms with Crippen LogP contribution in [-0.2, 0) is 6.54 Å². The summed E-state index contributed by atoms with van der Waals surface area (Å²) in [7, 11) is 0. The number of nitrogens with one attached hydrogen (secondary N) is 2. The Hall–Kier alpha value is -2.36. The SMILES string of the molecule is Cc1ccc(NC(=O)NCc2ccc(F)cc2)cc1C. The number of carbonyl (C=O) groups excluding carboxylic acids is 1. The molecule has 0 saturated carbocycles. The van der Waals surface area contributed by atoms with Crippen molar-refractivity contribution in [3.63, 3.8) is 0 Å². The Morgan fingerprint density at radius 3 is 2.40 bits per heavy atom. The minimum atomic E-state index is -0.284. The molecule has 0 unspecified atom stereocenters. The fourth-order valence-corrected chi connectivity index (χ4v) is 1.78. The standard InChI is InChI=1S/C16H17FN2O/c1-11-3-8-15(9-12(11)2)19-16(20)18-10-13-4-6-14(17)7-5-13/h3-9H,10H2,1-2H3,(H2,18,19,20). The Labute approximate surface area is 117 Å². The van der Waals surface area contributed by atoms with Gasteiger partial charge in [0.05, 0.1) is 0 Å². The molecule has 2 rings (SSSR count). The van der Waals surface area contributed by atoms with Crippen LogP contribution in [0.2, 0.25) is 0 Å². The zero-order valence-corrected chi connectivity index (χ0v) is 11.5. The summed E-state index contributed by atoms with van der Waals surface area (Å²) in [6.45, 7) is 4.38. The van der Waals surface area contributed by atoms with Crippen LogP contribution in [0, 0.1) is 19.7 Å². The number of aryl methyl sites for hydroxylation is 2. The summed E-state index contributed by atoms with van der Waals surface area (Å²) in [5, 5.41) is 5.50. The number of carbonyl (C=O) groups is 1. The van der Waals surface area contributed by atoms with Crippen molar-refractivity contribution in [3.05, 3.63) is 65.0 Å². The number of rotatable bonds is 3. The molecule has 2 amide bonds. The molecule has 2 N–H and O–H groups in total. The second kappa shape index (κ2) is 6.19. The Kier molecular flexibility index (Phi) is 4.35. The first-order valence-electron chi connectivity index (χ1n) is 6.41. The third-order valence-corrected chi connectivity index (χ3v) is 3.13. The van der Waals surface area contributed by atoms with E-state index in [1.54, 1.807) is 12.1 Å². The lowest BCUT2D eigenvalue weighted by Crippen LogP contribution is -2.28. The summed E-state index contributed by atoms with van der Waals surface area (Å²) in [5.74, 6) is -0.284. The molecule has 0 heterocycles. The van der Waals surface area contributed by atoms with Gasteiger partial charge >= 0.3 is 6.03 Å². The van der Waals surface area contributed by atoms with Crippen LogP contribution >= 0.6 is 0 Å². The van der Waals surface area contributed by atoms with E-state index >= 15 is 0 Å². The normalized spacial score (nSPS) is 10.2. The van der Waals surface area contributed by atoms with Crippen LogP contribution in [0.4, 0.5) is 14.9 Å². The number of benzene rings is 2. The molecule has 0 aliphatic carbocycles. The first kappa shape index (κ1) is 14.1. The van der Waals surface area contributed by atoms with Crippen molar-refractivity contribution >= 4 is 11.7 Å². The van der Waals surface area contributed by atoms with Crippen molar-refractivity contribution in [1.82, 2.24) is 5.32 Å². The number of amides is 2. The zero-order valence-electron chi connectivity index (χ0n) is 11.5. The fourth-order valence-electron chi connectivity index (χ4n) is 1.78. The van der Waals surface area contributed by atoms with Gasteiger partial charge in [-0.2, -0.15) is 0 Å². The van der Waals surface area contributed by atoms with Gasteiger partial charge in [0.2, 0.25) is 0 Å². The van der Waals surface area contributed by atoms with Gasteiger partial charge in [0.1, 0.15) is 5.82 Å². The summed E-state index contributed by atoms with van der Waals surface area (Å²) in [5.41, 5.74) is 3.91. The Bertz CT molecular complexity index is 608. The van der Waals surface area contributed by atoms with Crippen molar-refractivity contribution in [1.29, 1.82) is 0 Å². The van der Waals surface area contributed by atoms with Gasteiger partial charge in [0.15, 0.2) is 0 Å². The molecule has 0 atom stereocenters. The second-order valence-electron chi connectivity index (χ2n) is 4.73. The van der Waals surface area contributed by atoms with Crippen LogP contribution in [0.1, 0.15) is 16.7 Å². The summed E-state index contributed by atoms with van der Waals surface area (Å²) < 4.78 is 12.7. The molecule has 0 radical (unpaired) electrons. The van der Waals surface area contributed by atoms with Gasteiger partial charge < -0.3 is 10.6 Å². The molecule has 20 heavy (non-hydrogen) atoms. The third-order valence-electron chi connectivity index (χ3n) is 3.13. The molecule has 0 saturated heterocycles. The predicted octanol–water partition coefficient (Wildman–Crippen LogP) is 3.76. The molecule has 2 aromatic rings. The van der Waals surface area contributed by atoms with Gasteiger partial charge in [-0.15, -0.1) is 0 Å². The van der Waals surface area contributed by atoms with Gasteiger partial charge in [-0.05, 0) is 54.8 Å². The van der Waals surface area contributed by atoms with E-state index in [0.29, 0.717) is 6.54 Å². The van der Waals surface area contributed by atoms with E-state index in [1.165, 1.54) is 17.7 Å². The summed E-state index contributed by atoms with van der Waals surface area (Å²) in [6, 6.07) is 11.5. The maximum atomic E-state index is 12.7. The van der Waals surface area contributed by atoms with E-state index in [9.17, 15) is 9.18 Å². The van der Waals surface area contributed by atoms with Gasteiger partial charge in [0, 0.05) is 12.2 Å². The van der Waals surface area contributed by atoms with Gasteiger partial charge in [-0.3, -0.25) is 0 Å². The predicted molar refractivity (Wildman–Crippen MR) is 78.2 cm³/mol. The maximum Gasteiger partial charge on any atom is 0.319 e. The molecule has 4 heteroatoms. The van der Waals surface area contributed by atoms with Gasteiger partial charge in [0.25, 0.3) is 0 Å². The summed E-state index contributed by atoms with van der Waals surface area (Å²) >= 11 is 0. The average molecular weight is 272 g/mol. The van der Waals surface area contributed by atoms with E-state index in [1.807, 2.05) is 32.0 Å². The van der Waals surface area contributed by atoms with Gasteiger partial charge in [-0.25, -0.2) is 9.18 Å². The van der Waals surface area contributed by atoms with E-state index in [2.05, 4.69) is 10.6 Å². The van der Waals surface area contributed by atoms with Crippen LogP contribution < -0.4 is 10.6 Å². The largest absolute Gasteiger partial charge is 0.334 e. The second-order valence-corrected chi connectivity index (χ2v) is 4.73. The highest BCUT2D eigenvalue weighted by molar-refractivity contribution is 5.89. The number of hydrogen-bond donors (Lipinski definition) is 2. The molecular formula is C16H17FN2O. The first-order valence-corrected chi connectivity index (χ1v) is 6.41. The van der Waals surface area contributed by atoms with Crippen LogP contribution in [-0.4, -0.2) is 6.03 Å². The molecule has 0 fully saturated rings. The minimum absolute atomic E-state index is 0.280. The monoisotopic (exact) mass is 272 g/mol. The molecular weight excluding hydrogens is 255 g/mol. The quantitative estimate of drug-likeness (QED) is 0.877. The minimum Gasteiger partial charge on any atom is -0.334 e. The number of hydrogen-bond acceptors (Lipinski definition) is 1. The molecule has 0 aliphatic rings. The highest BCUT2D eigenvalue weighted by Gasteiger charge is 2.03. The van der Waals surface area contributed by atoms with E-state index in [-0.39, 0.29) is 11.8 Å². The van der Waals surface area contributed by atoms with Crippen LogP contribution in [0.25, 0.3) is 0 Å². The Morgan fingerprint density at radius 1 is 1.05 bits per heavy atom. The van der Waals surface area contributed by atoms with Crippen LogP contribution in [0.15, 0.2) is 42.5 Å². The molecule has 0 spiro atoms. The molecule has 104 valence electrons. The lowest BCUT2D eigenvalue weighted by Gasteiger charge is -2.09. The van der Waals surface area contributed by atoms with E-state index in [0.717, 1.165) is 16.8 Å². The third kappa shape index (κ3) is 3.82. The van der Waals surface area contributed by atoms with Crippen molar-refractivity contribution in [3.8, 4) is 0 Å². The number of halogens is 1. The molecule has 0 aliphatic heterocycles. The lowest BCUT2D eigenvalue weighted by atomic mass is 10.1. The zero-order chi connectivity index (χ0) is 14.5. The summed E-state index contributed by atoms with van der Waals surface area (Å²) in [4.78, 5) is 11.8. The van der Waals surface area contributed by atoms with Crippen molar-refractivity contribution in [2.24, 2.45) is 0 Å². The maximum absolute atomic E-state index is 12.7.